The van der Waals surface area contributed by atoms with Crippen LogP contribution >= 0.6 is 0 Å². The van der Waals surface area contributed by atoms with Crippen molar-refractivity contribution in [1.29, 1.82) is 0 Å². The number of benzene rings is 1. The van der Waals surface area contributed by atoms with Gasteiger partial charge in [0, 0.05) is 74.6 Å². The van der Waals surface area contributed by atoms with Gasteiger partial charge >= 0.3 is 6.18 Å². The number of halogens is 3. The number of nitrogens with zero attached hydrogens (tertiary/aromatic N) is 9. The molecule has 0 unspecified atom stereocenters. The van der Waals surface area contributed by atoms with Gasteiger partial charge in [-0.25, -0.2) is 4.98 Å². The predicted molar refractivity (Wildman–Crippen MR) is 196 cm³/mol. The molecule has 1 aliphatic carbocycles. The highest BCUT2D eigenvalue weighted by Crippen LogP contribution is 2.48. The van der Waals surface area contributed by atoms with Crippen molar-refractivity contribution in [2.24, 2.45) is 20.0 Å². The number of carbonyl (C=O) groups excluding carboxylic acids is 2. The molecular weight excluding hydrogens is 713 g/mol. The Morgan fingerprint density at radius 3 is 2.53 bits per heavy atom. The number of nitrogens with one attached hydrogen (secondary N) is 3. The summed E-state index contributed by atoms with van der Waals surface area (Å²) in [6, 6.07) is 10.2. The van der Waals surface area contributed by atoms with Crippen molar-refractivity contribution in [3.05, 3.63) is 89.9 Å². The molecule has 5 aromatic heterocycles. The van der Waals surface area contributed by atoms with E-state index >= 15 is 0 Å². The monoisotopic (exact) mass is 754 g/mol. The van der Waals surface area contributed by atoms with E-state index < -0.39 is 29.4 Å². The molecular formula is C38H41F3N12O2. The maximum absolute atomic E-state index is 14.0. The molecule has 0 spiro atoms. The van der Waals surface area contributed by atoms with E-state index in [0.29, 0.717) is 37.3 Å². The molecule has 0 saturated heterocycles. The first-order chi connectivity index (χ1) is 26.2. The lowest BCUT2D eigenvalue weighted by atomic mass is 10.0. The second-order valence-corrected chi connectivity index (χ2v) is 15.1. The molecule has 1 saturated carbocycles. The van der Waals surface area contributed by atoms with Crippen LogP contribution < -0.4 is 16.0 Å². The number of aryl methyl sites for hydroxylation is 2. The summed E-state index contributed by atoms with van der Waals surface area (Å²) in [5, 5.41) is 27.0. The van der Waals surface area contributed by atoms with Crippen LogP contribution in [-0.4, -0.2) is 74.0 Å². The van der Waals surface area contributed by atoms with E-state index in [1.54, 1.807) is 59.7 Å². The zero-order valence-corrected chi connectivity index (χ0v) is 30.8. The maximum atomic E-state index is 14.0. The molecule has 6 aromatic rings. The Labute approximate surface area is 314 Å². The van der Waals surface area contributed by atoms with Crippen LogP contribution in [0.4, 0.5) is 13.2 Å². The average molecular weight is 755 g/mol. The lowest BCUT2D eigenvalue weighted by Gasteiger charge is -2.30. The summed E-state index contributed by atoms with van der Waals surface area (Å²) >= 11 is 0. The largest absolute Gasteiger partial charge is 0.435 e. The predicted octanol–water partition coefficient (Wildman–Crippen LogP) is 3.98. The van der Waals surface area contributed by atoms with E-state index in [1.165, 1.54) is 4.68 Å². The van der Waals surface area contributed by atoms with Gasteiger partial charge in [-0.1, -0.05) is 24.3 Å². The second-order valence-electron chi connectivity index (χ2n) is 15.1. The van der Waals surface area contributed by atoms with Crippen molar-refractivity contribution >= 4 is 22.8 Å². The second kappa shape index (κ2) is 13.8. The highest BCUT2D eigenvalue weighted by Gasteiger charge is 2.45. The van der Waals surface area contributed by atoms with Crippen LogP contribution in [0, 0.1) is 5.92 Å². The van der Waals surface area contributed by atoms with E-state index in [2.05, 4.69) is 41.3 Å². The highest BCUT2D eigenvalue weighted by molar-refractivity contribution is 5.90. The minimum absolute atomic E-state index is 0.00243. The van der Waals surface area contributed by atoms with Crippen molar-refractivity contribution in [3.8, 4) is 22.4 Å². The third kappa shape index (κ3) is 7.61. The van der Waals surface area contributed by atoms with Gasteiger partial charge in [0.25, 0.3) is 0 Å². The Kier molecular flexibility index (Phi) is 9.06. The summed E-state index contributed by atoms with van der Waals surface area (Å²) in [5.41, 5.74) is 3.85. The van der Waals surface area contributed by atoms with Gasteiger partial charge in [-0.3, -0.25) is 28.3 Å². The summed E-state index contributed by atoms with van der Waals surface area (Å²) < 4.78 is 48.3. The molecule has 2 aliphatic rings. The molecule has 3 atom stereocenters. The van der Waals surface area contributed by atoms with E-state index in [9.17, 15) is 22.8 Å². The minimum atomic E-state index is -4.67. The standard InChI is InChI=1S/C38H41F3N12O2/c1-37(2,21-53-31(14-33(48-53)38(39,40)41)29-17-45-52-10-9-42-18-32(29)52)47-36(55)30(11-22-15-44-50(3)19-22)46-35(54)28-13-27(28)24-7-5-23(6-8-24)25-12-26-20-51(4)49-34(26)43-16-25/h5-8,12,14-17,19-20,27-28,30,42H,9-11,13,18,21H2,1-4H3,(H,46,54)(H,47,55)/t27-,28+,30-/m1/s1. The number of amides is 2. The molecule has 55 heavy (non-hydrogen) atoms. The molecule has 1 aromatic carbocycles. The van der Waals surface area contributed by atoms with Crippen molar-refractivity contribution in [2.75, 3.05) is 6.54 Å². The van der Waals surface area contributed by atoms with Gasteiger partial charge in [0.2, 0.25) is 11.8 Å². The van der Waals surface area contributed by atoms with Crippen LogP contribution in [0.25, 0.3) is 33.4 Å². The van der Waals surface area contributed by atoms with Crippen molar-refractivity contribution in [2.45, 2.75) is 70.0 Å². The molecule has 0 radical (unpaired) electrons. The van der Waals surface area contributed by atoms with Gasteiger partial charge in [-0.15, -0.1) is 0 Å². The van der Waals surface area contributed by atoms with Gasteiger partial charge in [0.1, 0.15) is 6.04 Å². The van der Waals surface area contributed by atoms with Gasteiger partial charge in [-0.05, 0) is 55.0 Å². The maximum Gasteiger partial charge on any atom is 0.435 e. The van der Waals surface area contributed by atoms with Gasteiger partial charge in [-0.2, -0.15) is 33.6 Å². The number of aromatic nitrogens is 9. The molecule has 1 aliphatic heterocycles. The Bertz CT molecular complexity index is 2390. The van der Waals surface area contributed by atoms with Crippen LogP contribution in [0.2, 0.25) is 0 Å². The molecule has 286 valence electrons. The first-order valence-electron chi connectivity index (χ1n) is 18.1. The van der Waals surface area contributed by atoms with Crippen LogP contribution in [0.1, 0.15) is 48.7 Å². The fraction of sp³-hybridized carbons (Fsp3) is 0.395. The van der Waals surface area contributed by atoms with Crippen LogP contribution in [0.5, 0.6) is 0 Å². The van der Waals surface area contributed by atoms with Gasteiger partial charge in [0.15, 0.2) is 11.3 Å². The van der Waals surface area contributed by atoms with Crippen molar-refractivity contribution < 1.29 is 22.8 Å². The molecule has 17 heteroatoms. The SMILES string of the molecule is Cn1cc(C[C@@H](NC(=O)[C@H]2C[C@@H]2c2ccc(-c3cnc4nn(C)cc4c3)cc2)C(=O)NC(C)(C)Cn2nc(C(F)(F)F)cc2-c2cnn3c2CNCC3)cn1. The Morgan fingerprint density at radius 2 is 1.78 bits per heavy atom. The first kappa shape index (κ1) is 36.2. The third-order valence-electron chi connectivity index (χ3n) is 10.2. The number of alkyl halides is 3. The van der Waals surface area contributed by atoms with Gasteiger partial charge < -0.3 is 16.0 Å². The number of fused-ring (bicyclic) bond motifs is 2. The molecule has 3 N–H and O–H groups in total. The summed E-state index contributed by atoms with van der Waals surface area (Å²) in [6.07, 6.45) is 4.82. The van der Waals surface area contributed by atoms with E-state index in [0.717, 1.165) is 39.4 Å². The van der Waals surface area contributed by atoms with Crippen LogP contribution in [0.15, 0.2) is 67.4 Å². The van der Waals surface area contributed by atoms with Crippen LogP contribution in [-0.2, 0) is 55.9 Å². The number of rotatable bonds is 11. The Morgan fingerprint density at radius 1 is 0.982 bits per heavy atom. The number of pyridine rings is 1. The molecule has 14 nitrogen and oxygen atoms in total. The average Bonchev–Trinajstić information content (AvgIpc) is 3.42. The van der Waals surface area contributed by atoms with Crippen molar-refractivity contribution in [1.82, 2.24) is 60.1 Å². The van der Waals surface area contributed by atoms with Gasteiger partial charge in [0.05, 0.1) is 42.4 Å². The summed E-state index contributed by atoms with van der Waals surface area (Å²) in [5.74, 6) is -1.04. The van der Waals surface area contributed by atoms with E-state index in [-0.39, 0.29) is 36.4 Å². The smallest absolute Gasteiger partial charge is 0.348 e. The fourth-order valence-electron chi connectivity index (χ4n) is 7.39. The lowest BCUT2D eigenvalue weighted by Crippen LogP contribution is -2.55. The number of carbonyl (C=O) groups is 2. The molecule has 6 heterocycles. The first-order valence-corrected chi connectivity index (χ1v) is 18.1. The number of hydrogen-bond donors (Lipinski definition) is 3. The van der Waals surface area contributed by atoms with Crippen molar-refractivity contribution in [3.63, 3.8) is 0 Å². The zero-order chi connectivity index (χ0) is 38.6. The summed E-state index contributed by atoms with van der Waals surface area (Å²) in [6.45, 7) is 5.10. The fourth-order valence-corrected chi connectivity index (χ4v) is 7.39. The van der Waals surface area contributed by atoms with E-state index in [1.807, 2.05) is 43.6 Å². The zero-order valence-electron chi connectivity index (χ0n) is 30.8. The molecule has 8 rings (SSSR count). The summed E-state index contributed by atoms with van der Waals surface area (Å²) in [7, 11) is 3.62. The van der Waals surface area contributed by atoms with E-state index in [4.69, 9.17) is 0 Å². The Hall–Kier alpha value is -5.84. The summed E-state index contributed by atoms with van der Waals surface area (Å²) in [4.78, 5) is 32.2. The molecule has 1 fully saturated rings. The molecule has 0 bridgehead atoms. The quantitative estimate of drug-likeness (QED) is 0.180. The lowest BCUT2D eigenvalue weighted by molar-refractivity contribution is -0.141. The normalized spacial score (nSPS) is 17.6. The molecule has 2 amide bonds. The third-order valence-corrected chi connectivity index (χ3v) is 10.2. The minimum Gasteiger partial charge on any atom is -0.348 e. The van der Waals surface area contributed by atoms with Crippen LogP contribution in [0.3, 0.4) is 0 Å². The number of hydrogen-bond acceptors (Lipinski definition) is 8. The Balaban J connectivity index is 0.971. The highest BCUT2D eigenvalue weighted by atomic mass is 19.4. The topological polar surface area (TPSA) is 154 Å².